The van der Waals surface area contributed by atoms with E-state index in [1.807, 2.05) is 91.2 Å². The van der Waals surface area contributed by atoms with Crippen LogP contribution in [0, 0.1) is 0 Å². The molecular formula is C25H21N5OS. The number of carbonyl (C=O) groups is 1. The summed E-state index contributed by atoms with van der Waals surface area (Å²) in [5.74, 6) is 0.549. The summed E-state index contributed by atoms with van der Waals surface area (Å²) in [5, 5.41) is 18.3. The maximum absolute atomic E-state index is 12.8. The second-order valence-electron chi connectivity index (χ2n) is 7.43. The monoisotopic (exact) mass is 439 g/mol. The Morgan fingerprint density at radius 3 is 2.50 bits per heavy atom. The summed E-state index contributed by atoms with van der Waals surface area (Å²) in [5.41, 5.74) is 4.25. The van der Waals surface area contributed by atoms with Crippen molar-refractivity contribution in [3.8, 4) is 22.0 Å². The average molecular weight is 440 g/mol. The lowest BCUT2D eigenvalue weighted by Crippen LogP contribution is -2.20. The van der Waals surface area contributed by atoms with E-state index in [1.54, 1.807) is 15.9 Å². The number of carbonyl (C=O) groups excluding carboxylic acids is 1. The summed E-state index contributed by atoms with van der Waals surface area (Å²) in [4.78, 5) is 13.8. The number of hydrogen-bond acceptors (Lipinski definition) is 5. The van der Waals surface area contributed by atoms with Crippen molar-refractivity contribution in [1.82, 2.24) is 19.8 Å². The van der Waals surface area contributed by atoms with Crippen molar-refractivity contribution < 1.29 is 4.79 Å². The summed E-state index contributed by atoms with van der Waals surface area (Å²) in [6, 6.07) is 25.4. The Morgan fingerprint density at radius 2 is 1.78 bits per heavy atom. The molecule has 0 fully saturated rings. The van der Waals surface area contributed by atoms with Crippen LogP contribution in [-0.2, 0) is 4.79 Å². The van der Waals surface area contributed by atoms with Gasteiger partial charge in [-0.2, -0.15) is 9.61 Å². The van der Waals surface area contributed by atoms with Crippen LogP contribution in [0.3, 0.4) is 0 Å². The van der Waals surface area contributed by atoms with Gasteiger partial charge in [0.2, 0.25) is 5.91 Å². The minimum absolute atomic E-state index is 0.00364. The Hall–Kier alpha value is -3.84. The highest BCUT2D eigenvalue weighted by Crippen LogP contribution is 2.26. The first-order valence-corrected chi connectivity index (χ1v) is 11.3. The van der Waals surface area contributed by atoms with Crippen LogP contribution in [0.15, 0.2) is 84.2 Å². The number of aromatic nitrogens is 4. The van der Waals surface area contributed by atoms with Crippen molar-refractivity contribution in [2.45, 2.75) is 19.3 Å². The third-order valence-electron chi connectivity index (χ3n) is 5.38. The van der Waals surface area contributed by atoms with E-state index in [9.17, 15) is 4.79 Å². The van der Waals surface area contributed by atoms with Crippen LogP contribution in [0.1, 0.15) is 24.8 Å². The molecule has 0 aliphatic carbocycles. The van der Waals surface area contributed by atoms with E-state index in [1.165, 1.54) is 0 Å². The smallest absolute Gasteiger partial charge is 0.231 e. The highest BCUT2D eigenvalue weighted by Gasteiger charge is 2.18. The molecule has 0 aliphatic heterocycles. The molecule has 5 aromatic rings. The van der Waals surface area contributed by atoms with E-state index < -0.39 is 0 Å². The summed E-state index contributed by atoms with van der Waals surface area (Å²) in [6.07, 6.45) is 0.739. The van der Waals surface area contributed by atoms with Crippen LogP contribution in [0.5, 0.6) is 0 Å². The molecule has 1 atom stereocenters. The molecule has 0 saturated heterocycles. The van der Waals surface area contributed by atoms with Crippen LogP contribution in [0.25, 0.3) is 27.6 Å². The molecule has 32 heavy (non-hydrogen) atoms. The Kier molecular flexibility index (Phi) is 5.47. The first kappa shape index (κ1) is 20.1. The minimum Gasteiger partial charge on any atom is -0.326 e. The van der Waals surface area contributed by atoms with Crippen molar-refractivity contribution in [3.63, 3.8) is 0 Å². The Morgan fingerprint density at radius 1 is 0.969 bits per heavy atom. The summed E-state index contributed by atoms with van der Waals surface area (Å²) in [7, 11) is 0. The predicted molar refractivity (Wildman–Crippen MR) is 128 cm³/mol. The first-order valence-electron chi connectivity index (χ1n) is 10.5. The Bertz CT molecular complexity index is 1340. The number of anilines is 1. The van der Waals surface area contributed by atoms with Gasteiger partial charge in [0.05, 0.1) is 16.5 Å². The maximum atomic E-state index is 12.8. The van der Waals surface area contributed by atoms with Gasteiger partial charge in [-0.1, -0.05) is 55.5 Å². The summed E-state index contributed by atoms with van der Waals surface area (Å²) >= 11 is 1.60. The second-order valence-corrected chi connectivity index (χ2v) is 8.38. The quantitative estimate of drug-likeness (QED) is 0.371. The molecule has 0 saturated carbocycles. The fourth-order valence-electron chi connectivity index (χ4n) is 3.71. The van der Waals surface area contributed by atoms with E-state index in [0.717, 1.165) is 39.6 Å². The summed E-state index contributed by atoms with van der Waals surface area (Å²) in [6.45, 7) is 2.03. The van der Waals surface area contributed by atoms with Crippen molar-refractivity contribution in [1.29, 1.82) is 0 Å². The van der Waals surface area contributed by atoms with E-state index in [-0.39, 0.29) is 11.8 Å². The van der Waals surface area contributed by atoms with Gasteiger partial charge in [-0.25, -0.2) is 0 Å². The topological polar surface area (TPSA) is 72.2 Å². The number of nitrogens with zero attached hydrogens (tertiary/aromatic N) is 4. The Balaban J connectivity index is 1.37. The maximum Gasteiger partial charge on any atom is 0.231 e. The van der Waals surface area contributed by atoms with Gasteiger partial charge in [-0.15, -0.1) is 21.5 Å². The molecule has 2 aromatic carbocycles. The molecule has 0 bridgehead atoms. The van der Waals surface area contributed by atoms with Crippen LogP contribution in [0.4, 0.5) is 5.69 Å². The number of rotatable bonds is 6. The van der Waals surface area contributed by atoms with E-state index in [0.29, 0.717) is 5.65 Å². The van der Waals surface area contributed by atoms with Gasteiger partial charge in [0, 0.05) is 11.3 Å². The molecule has 1 unspecified atom stereocenters. The van der Waals surface area contributed by atoms with Crippen molar-refractivity contribution in [2.24, 2.45) is 0 Å². The second kappa shape index (κ2) is 8.72. The molecule has 3 heterocycles. The van der Waals surface area contributed by atoms with Gasteiger partial charge in [-0.05, 0) is 47.7 Å². The van der Waals surface area contributed by atoms with Crippen LogP contribution in [0.2, 0.25) is 0 Å². The summed E-state index contributed by atoms with van der Waals surface area (Å²) < 4.78 is 1.77. The molecular weight excluding hydrogens is 418 g/mol. The van der Waals surface area contributed by atoms with Gasteiger partial charge < -0.3 is 5.32 Å². The number of thiophene rings is 1. The molecule has 5 rings (SSSR count). The minimum atomic E-state index is -0.177. The van der Waals surface area contributed by atoms with Gasteiger partial charge in [0.1, 0.15) is 0 Å². The molecule has 0 radical (unpaired) electrons. The third kappa shape index (κ3) is 3.90. The zero-order valence-corrected chi connectivity index (χ0v) is 18.3. The molecule has 158 valence electrons. The molecule has 1 N–H and O–H groups in total. The lowest BCUT2D eigenvalue weighted by molar-refractivity contribution is -0.117. The van der Waals surface area contributed by atoms with E-state index in [4.69, 9.17) is 5.10 Å². The average Bonchev–Trinajstić information content (AvgIpc) is 3.50. The zero-order valence-electron chi connectivity index (χ0n) is 17.5. The number of hydrogen-bond donors (Lipinski definition) is 1. The van der Waals surface area contributed by atoms with Gasteiger partial charge in [0.25, 0.3) is 0 Å². The fourth-order valence-corrected chi connectivity index (χ4v) is 4.41. The molecule has 1 amide bonds. The third-order valence-corrected chi connectivity index (χ3v) is 6.25. The highest BCUT2D eigenvalue weighted by molar-refractivity contribution is 7.13. The number of fused-ring (bicyclic) bond motifs is 1. The first-order chi connectivity index (χ1) is 15.7. The number of nitrogens with one attached hydrogen (secondary N) is 1. The lowest BCUT2D eigenvalue weighted by Gasteiger charge is -2.15. The van der Waals surface area contributed by atoms with Crippen molar-refractivity contribution >= 4 is 28.6 Å². The van der Waals surface area contributed by atoms with Crippen LogP contribution < -0.4 is 5.32 Å². The molecule has 3 aromatic heterocycles. The normalized spacial score (nSPS) is 12.0. The van der Waals surface area contributed by atoms with Gasteiger partial charge >= 0.3 is 0 Å². The van der Waals surface area contributed by atoms with Crippen molar-refractivity contribution in [3.05, 3.63) is 89.8 Å². The lowest BCUT2D eigenvalue weighted by atomic mass is 9.95. The van der Waals surface area contributed by atoms with Crippen molar-refractivity contribution in [2.75, 3.05) is 5.32 Å². The largest absolute Gasteiger partial charge is 0.326 e. The molecule has 6 nitrogen and oxygen atoms in total. The number of benzene rings is 2. The fraction of sp³-hybridized carbons (Fsp3) is 0.120. The molecule has 7 heteroatoms. The Labute approximate surface area is 189 Å². The standard InChI is InChI=1S/C25H21N5OS/c1-2-20(17-7-4-3-5-8-17)25(31)26-19-12-10-18(11-13-19)21-14-15-23-27-28-24(30(23)29-21)22-9-6-16-32-22/h3-16,20H,2H2,1H3,(H,26,31). The molecule has 0 spiro atoms. The van der Waals surface area contributed by atoms with Gasteiger partial charge in [-0.3, -0.25) is 4.79 Å². The van der Waals surface area contributed by atoms with E-state index in [2.05, 4.69) is 15.5 Å². The van der Waals surface area contributed by atoms with Crippen LogP contribution in [-0.4, -0.2) is 25.7 Å². The predicted octanol–water partition coefficient (Wildman–Crippen LogP) is 5.65. The van der Waals surface area contributed by atoms with Gasteiger partial charge in [0.15, 0.2) is 11.5 Å². The SMILES string of the molecule is CCC(C(=O)Nc1ccc(-c2ccc3nnc(-c4cccs4)n3n2)cc1)c1ccccc1. The van der Waals surface area contributed by atoms with Crippen LogP contribution >= 0.6 is 11.3 Å². The highest BCUT2D eigenvalue weighted by atomic mass is 32.1. The number of amides is 1. The van der Waals surface area contributed by atoms with E-state index >= 15 is 0 Å². The zero-order chi connectivity index (χ0) is 21.9. The molecule has 0 aliphatic rings.